The molecule has 1 atom stereocenters. The summed E-state index contributed by atoms with van der Waals surface area (Å²) < 4.78 is 0. The molecule has 0 heterocycles. The van der Waals surface area contributed by atoms with Crippen LogP contribution in [0.3, 0.4) is 0 Å². The van der Waals surface area contributed by atoms with Crippen LogP contribution in [0.15, 0.2) is 0 Å². The van der Waals surface area contributed by atoms with Crippen LogP contribution < -0.4 is 16.6 Å². The van der Waals surface area contributed by atoms with E-state index in [1.807, 2.05) is 11.7 Å². The second-order valence-corrected chi connectivity index (χ2v) is 3.33. The zero-order valence-corrected chi connectivity index (χ0v) is 7.70. The van der Waals surface area contributed by atoms with E-state index in [0.29, 0.717) is 12.5 Å². The maximum Gasteiger partial charge on any atom is 0.328 e. The highest BCUT2D eigenvalue weighted by atomic mass is 32.2. The minimum atomic E-state index is -0.321. The molecule has 0 spiro atoms. The molecule has 0 fully saturated rings. The van der Waals surface area contributed by atoms with E-state index < -0.39 is 0 Å². The summed E-state index contributed by atoms with van der Waals surface area (Å²) in [5.74, 6) is 6.40. The van der Waals surface area contributed by atoms with Crippen molar-refractivity contribution >= 4 is 17.8 Å². The Labute approximate surface area is 71.3 Å². The fraction of sp³-hybridized carbons (Fsp3) is 0.833. The molecule has 0 radical (unpaired) electrons. The van der Waals surface area contributed by atoms with Crippen LogP contribution in [0.4, 0.5) is 4.79 Å². The average Bonchev–Trinajstić information content (AvgIpc) is 2.01. The fourth-order valence-corrected chi connectivity index (χ4v) is 1.35. The Morgan fingerprint density at radius 3 is 2.82 bits per heavy atom. The van der Waals surface area contributed by atoms with E-state index in [4.69, 9.17) is 5.84 Å². The van der Waals surface area contributed by atoms with Gasteiger partial charge in [0.15, 0.2) is 0 Å². The number of amides is 2. The van der Waals surface area contributed by atoms with Gasteiger partial charge in [0.2, 0.25) is 0 Å². The second kappa shape index (κ2) is 6.30. The first-order chi connectivity index (χ1) is 5.20. The number of thioether (sulfide) groups is 1. The topological polar surface area (TPSA) is 67.2 Å². The Kier molecular flexibility index (Phi) is 6.06. The molecule has 0 saturated heterocycles. The summed E-state index contributed by atoms with van der Waals surface area (Å²) in [6, 6.07) is -0.321. The predicted molar refractivity (Wildman–Crippen MR) is 48.3 cm³/mol. The number of nitrogens with one attached hydrogen (secondary N) is 2. The molecular formula is C6H15N3OS. The van der Waals surface area contributed by atoms with Gasteiger partial charge in [-0.15, -0.1) is 0 Å². The number of hydrogen-bond donors (Lipinski definition) is 3. The van der Waals surface area contributed by atoms with Crippen LogP contribution in [0, 0.1) is 5.92 Å². The first-order valence-corrected chi connectivity index (χ1v) is 4.83. The molecule has 1 unspecified atom stereocenters. The van der Waals surface area contributed by atoms with Crippen molar-refractivity contribution in [3.63, 3.8) is 0 Å². The quantitative estimate of drug-likeness (QED) is 0.325. The third kappa shape index (κ3) is 6.00. The minimum Gasteiger partial charge on any atom is -0.337 e. The van der Waals surface area contributed by atoms with Gasteiger partial charge in [-0.3, -0.25) is 5.43 Å². The number of carbonyl (C=O) groups is 1. The average molecular weight is 177 g/mol. The van der Waals surface area contributed by atoms with Crippen molar-refractivity contribution < 1.29 is 4.79 Å². The van der Waals surface area contributed by atoms with E-state index in [0.717, 1.165) is 5.75 Å². The van der Waals surface area contributed by atoms with Crippen molar-refractivity contribution in [3.8, 4) is 0 Å². The van der Waals surface area contributed by atoms with E-state index in [2.05, 4.69) is 12.2 Å². The van der Waals surface area contributed by atoms with Crippen LogP contribution in [0.25, 0.3) is 0 Å². The van der Waals surface area contributed by atoms with Crippen LogP contribution in [0.1, 0.15) is 6.92 Å². The summed E-state index contributed by atoms with van der Waals surface area (Å²) in [6.45, 7) is 2.75. The van der Waals surface area contributed by atoms with Gasteiger partial charge in [-0.1, -0.05) is 6.92 Å². The van der Waals surface area contributed by atoms with Crippen LogP contribution in [-0.4, -0.2) is 24.6 Å². The van der Waals surface area contributed by atoms with Gasteiger partial charge >= 0.3 is 6.03 Å². The molecule has 0 rings (SSSR count). The van der Waals surface area contributed by atoms with Crippen LogP contribution in [0.2, 0.25) is 0 Å². The van der Waals surface area contributed by atoms with E-state index in [9.17, 15) is 4.79 Å². The molecule has 0 saturated carbocycles. The highest BCUT2D eigenvalue weighted by Gasteiger charge is 2.02. The molecule has 2 amide bonds. The molecule has 0 aromatic rings. The van der Waals surface area contributed by atoms with Crippen molar-refractivity contribution in [3.05, 3.63) is 0 Å². The largest absolute Gasteiger partial charge is 0.337 e. The number of urea groups is 1. The van der Waals surface area contributed by atoms with Gasteiger partial charge in [0.25, 0.3) is 0 Å². The lowest BCUT2D eigenvalue weighted by Crippen LogP contribution is -2.41. The van der Waals surface area contributed by atoms with Gasteiger partial charge in [0.1, 0.15) is 0 Å². The molecule has 4 nitrogen and oxygen atoms in total. The minimum absolute atomic E-state index is 0.321. The number of hydrogen-bond acceptors (Lipinski definition) is 3. The van der Waals surface area contributed by atoms with Gasteiger partial charge < -0.3 is 5.32 Å². The third-order valence-electron chi connectivity index (χ3n) is 1.19. The van der Waals surface area contributed by atoms with Gasteiger partial charge in [-0.05, 0) is 17.9 Å². The van der Waals surface area contributed by atoms with Gasteiger partial charge in [0.05, 0.1) is 0 Å². The van der Waals surface area contributed by atoms with E-state index in [1.54, 1.807) is 11.8 Å². The Morgan fingerprint density at radius 1 is 1.73 bits per heavy atom. The van der Waals surface area contributed by atoms with Crippen molar-refractivity contribution in [2.75, 3.05) is 18.6 Å². The van der Waals surface area contributed by atoms with Crippen LogP contribution >= 0.6 is 11.8 Å². The highest BCUT2D eigenvalue weighted by Crippen LogP contribution is 2.01. The number of carbonyl (C=O) groups excluding carboxylic acids is 1. The van der Waals surface area contributed by atoms with Crippen LogP contribution in [-0.2, 0) is 0 Å². The molecule has 66 valence electrons. The first kappa shape index (κ1) is 10.6. The fourth-order valence-electron chi connectivity index (χ4n) is 0.661. The number of nitrogens with two attached hydrogens (primary N) is 1. The lowest BCUT2D eigenvalue weighted by atomic mass is 10.2. The Morgan fingerprint density at radius 2 is 2.36 bits per heavy atom. The summed E-state index contributed by atoms with van der Waals surface area (Å²) in [6.07, 6.45) is 2.04. The summed E-state index contributed by atoms with van der Waals surface area (Å²) >= 11 is 1.77. The van der Waals surface area contributed by atoms with E-state index in [-0.39, 0.29) is 6.03 Å². The monoisotopic (exact) mass is 177 g/mol. The van der Waals surface area contributed by atoms with Crippen molar-refractivity contribution in [1.29, 1.82) is 0 Å². The molecule has 0 aliphatic heterocycles. The van der Waals surface area contributed by atoms with Crippen molar-refractivity contribution in [1.82, 2.24) is 10.7 Å². The number of hydrazine groups is 1. The Bertz CT molecular complexity index is 120. The lowest BCUT2D eigenvalue weighted by Gasteiger charge is -2.09. The first-order valence-electron chi connectivity index (χ1n) is 3.44. The highest BCUT2D eigenvalue weighted by molar-refractivity contribution is 7.98. The lowest BCUT2D eigenvalue weighted by molar-refractivity contribution is 0.240. The van der Waals surface area contributed by atoms with Gasteiger partial charge in [-0.2, -0.15) is 11.8 Å². The second-order valence-electron chi connectivity index (χ2n) is 2.41. The maximum absolute atomic E-state index is 10.6. The summed E-state index contributed by atoms with van der Waals surface area (Å²) in [7, 11) is 0. The summed E-state index contributed by atoms with van der Waals surface area (Å²) in [5.41, 5.74) is 2.01. The number of rotatable bonds is 4. The van der Waals surface area contributed by atoms with Gasteiger partial charge in [-0.25, -0.2) is 10.6 Å². The summed E-state index contributed by atoms with van der Waals surface area (Å²) in [4.78, 5) is 10.6. The SMILES string of the molecule is CSCC(C)CNC(=O)NN. The van der Waals surface area contributed by atoms with Gasteiger partial charge in [0, 0.05) is 6.54 Å². The Balaban J connectivity index is 3.29. The molecule has 5 heteroatoms. The van der Waals surface area contributed by atoms with Crippen molar-refractivity contribution in [2.24, 2.45) is 11.8 Å². The van der Waals surface area contributed by atoms with Crippen LogP contribution in [0.5, 0.6) is 0 Å². The molecule has 0 aromatic carbocycles. The third-order valence-corrected chi connectivity index (χ3v) is 2.10. The molecule has 0 aromatic heterocycles. The summed E-state index contributed by atoms with van der Waals surface area (Å²) in [5, 5.41) is 2.63. The molecular weight excluding hydrogens is 162 g/mol. The predicted octanol–water partition coefficient (Wildman–Crippen LogP) is 0.158. The molecule has 4 N–H and O–H groups in total. The smallest absolute Gasteiger partial charge is 0.328 e. The molecule has 0 bridgehead atoms. The normalized spacial score (nSPS) is 12.3. The zero-order valence-electron chi connectivity index (χ0n) is 6.89. The standard InChI is InChI=1S/C6H15N3OS/c1-5(4-11-2)3-8-6(10)9-7/h5H,3-4,7H2,1-2H3,(H2,8,9,10). The van der Waals surface area contributed by atoms with E-state index in [1.165, 1.54) is 0 Å². The zero-order chi connectivity index (χ0) is 8.69. The molecule has 0 aliphatic rings. The Hall–Kier alpha value is -0.420. The molecule has 11 heavy (non-hydrogen) atoms. The molecule has 0 aliphatic carbocycles. The van der Waals surface area contributed by atoms with E-state index >= 15 is 0 Å². The van der Waals surface area contributed by atoms with Crippen molar-refractivity contribution in [2.45, 2.75) is 6.92 Å². The maximum atomic E-state index is 10.6.